The molecule has 172 valence electrons. The monoisotopic (exact) mass is 439 g/mol. The van der Waals surface area contributed by atoms with Crippen LogP contribution in [0.2, 0.25) is 0 Å². The minimum absolute atomic E-state index is 0.0879. The van der Waals surface area contributed by atoms with Gasteiger partial charge in [-0.1, -0.05) is 39.8 Å². The summed E-state index contributed by atoms with van der Waals surface area (Å²) in [5.74, 6) is 2.43. The van der Waals surface area contributed by atoms with E-state index in [-0.39, 0.29) is 16.5 Å². The summed E-state index contributed by atoms with van der Waals surface area (Å²) < 4.78 is 0. The van der Waals surface area contributed by atoms with E-state index in [2.05, 4.69) is 25.7 Å². The van der Waals surface area contributed by atoms with Crippen molar-refractivity contribution >= 4 is 17.4 Å². The van der Waals surface area contributed by atoms with Gasteiger partial charge in [0.2, 0.25) is 5.91 Å². The highest BCUT2D eigenvalue weighted by Crippen LogP contribution is 2.27. The van der Waals surface area contributed by atoms with Crippen molar-refractivity contribution < 1.29 is 9.72 Å². The molecule has 2 heterocycles. The highest BCUT2D eigenvalue weighted by Gasteiger charge is 2.25. The fraction of sp³-hybridized carbons (Fsp3) is 0.542. The van der Waals surface area contributed by atoms with Gasteiger partial charge in [-0.3, -0.25) is 14.9 Å². The fourth-order valence-corrected chi connectivity index (χ4v) is 4.09. The Morgan fingerprint density at radius 2 is 1.75 bits per heavy atom. The van der Waals surface area contributed by atoms with Crippen LogP contribution in [0.25, 0.3) is 0 Å². The van der Waals surface area contributed by atoms with E-state index in [4.69, 9.17) is 9.97 Å². The first-order valence-corrected chi connectivity index (χ1v) is 11.5. The molecule has 1 amide bonds. The molecule has 1 aromatic heterocycles. The van der Waals surface area contributed by atoms with Gasteiger partial charge in [-0.15, -0.1) is 0 Å². The van der Waals surface area contributed by atoms with E-state index in [9.17, 15) is 14.9 Å². The van der Waals surface area contributed by atoms with E-state index in [0.29, 0.717) is 31.8 Å². The number of nitro benzene ring substituents is 1. The fourth-order valence-electron chi connectivity index (χ4n) is 4.09. The highest BCUT2D eigenvalue weighted by atomic mass is 16.6. The maximum Gasteiger partial charge on any atom is 0.269 e. The number of amides is 1. The van der Waals surface area contributed by atoms with E-state index in [1.165, 1.54) is 0 Å². The highest BCUT2D eigenvalue weighted by molar-refractivity contribution is 5.76. The quantitative estimate of drug-likeness (QED) is 0.459. The van der Waals surface area contributed by atoms with Crippen molar-refractivity contribution in [1.29, 1.82) is 0 Å². The summed E-state index contributed by atoms with van der Waals surface area (Å²) in [7, 11) is 0. The van der Waals surface area contributed by atoms with Crippen LogP contribution in [0.3, 0.4) is 0 Å². The molecule has 2 aromatic rings. The van der Waals surface area contributed by atoms with E-state index in [0.717, 1.165) is 54.4 Å². The molecule has 0 aliphatic carbocycles. The molecular weight excluding hydrogens is 406 g/mol. The lowest BCUT2D eigenvalue weighted by molar-refractivity contribution is -0.384. The van der Waals surface area contributed by atoms with Crippen LogP contribution in [0.1, 0.15) is 56.8 Å². The minimum Gasteiger partial charge on any atom is -0.353 e. The largest absolute Gasteiger partial charge is 0.353 e. The average Bonchev–Trinajstić information content (AvgIpc) is 2.79. The Labute approximate surface area is 189 Å². The molecule has 3 rings (SSSR count). The van der Waals surface area contributed by atoms with Crippen molar-refractivity contribution in [1.82, 2.24) is 14.9 Å². The van der Waals surface area contributed by atoms with Crippen LogP contribution in [0, 0.1) is 16.0 Å². The van der Waals surface area contributed by atoms with Crippen molar-refractivity contribution in [2.45, 2.75) is 53.4 Å². The molecule has 0 bridgehead atoms. The molecule has 1 aliphatic heterocycles. The Morgan fingerprint density at radius 3 is 2.28 bits per heavy atom. The second kappa shape index (κ2) is 10.5. The van der Waals surface area contributed by atoms with Gasteiger partial charge < -0.3 is 9.80 Å². The van der Waals surface area contributed by atoms with Crippen LogP contribution in [-0.2, 0) is 24.1 Å². The molecule has 0 atom stereocenters. The second-order valence-electron chi connectivity index (χ2n) is 8.66. The van der Waals surface area contributed by atoms with Crippen molar-refractivity contribution in [2.75, 3.05) is 31.1 Å². The number of carbonyl (C=O) groups excluding carboxylic acids is 1. The number of rotatable bonds is 8. The van der Waals surface area contributed by atoms with Crippen LogP contribution < -0.4 is 4.90 Å². The molecule has 1 fully saturated rings. The Morgan fingerprint density at radius 1 is 1.09 bits per heavy atom. The van der Waals surface area contributed by atoms with Gasteiger partial charge >= 0.3 is 0 Å². The van der Waals surface area contributed by atoms with Gasteiger partial charge in [0.25, 0.3) is 5.69 Å². The van der Waals surface area contributed by atoms with E-state index in [1.54, 1.807) is 24.3 Å². The van der Waals surface area contributed by atoms with Crippen LogP contribution in [0.4, 0.5) is 11.5 Å². The zero-order valence-corrected chi connectivity index (χ0v) is 19.5. The van der Waals surface area contributed by atoms with Gasteiger partial charge in [-0.05, 0) is 17.9 Å². The Bertz CT molecular complexity index is 951. The van der Waals surface area contributed by atoms with E-state index >= 15 is 0 Å². The third-order valence-electron chi connectivity index (χ3n) is 5.81. The number of non-ortho nitro benzene ring substituents is 1. The Balaban J connectivity index is 1.95. The smallest absolute Gasteiger partial charge is 0.269 e. The SMILES string of the molecule is CCC(=O)N1CCN(c2nc(CC(C)C)nc(CC)c2Cc2ccc([N+](=O)[O-])cc2)CC1. The topological polar surface area (TPSA) is 92.5 Å². The first kappa shape index (κ1) is 23.6. The van der Waals surface area contributed by atoms with Gasteiger partial charge in [0.05, 0.1) is 4.92 Å². The summed E-state index contributed by atoms with van der Waals surface area (Å²) in [6.45, 7) is 11.2. The number of aryl methyl sites for hydroxylation is 1. The molecule has 8 nitrogen and oxygen atoms in total. The molecule has 1 saturated heterocycles. The third kappa shape index (κ3) is 5.60. The summed E-state index contributed by atoms with van der Waals surface area (Å²) in [5, 5.41) is 11.0. The molecule has 1 aliphatic rings. The molecule has 8 heteroatoms. The number of anilines is 1. The maximum absolute atomic E-state index is 12.1. The van der Waals surface area contributed by atoms with Crippen LogP contribution in [0.5, 0.6) is 0 Å². The van der Waals surface area contributed by atoms with Crippen molar-refractivity contribution in [3.63, 3.8) is 0 Å². The molecule has 32 heavy (non-hydrogen) atoms. The minimum atomic E-state index is -0.381. The second-order valence-corrected chi connectivity index (χ2v) is 8.66. The zero-order chi connectivity index (χ0) is 23.3. The first-order chi connectivity index (χ1) is 15.3. The summed E-state index contributed by atoms with van der Waals surface area (Å²) in [5.41, 5.74) is 3.18. The number of nitrogens with zero attached hydrogens (tertiary/aromatic N) is 5. The lowest BCUT2D eigenvalue weighted by Gasteiger charge is -2.36. The Kier molecular flexibility index (Phi) is 7.77. The number of piperazine rings is 1. The maximum atomic E-state index is 12.1. The van der Waals surface area contributed by atoms with Gasteiger partial charge in [0, 0.05) is 68.8 Å². The molecule has 1 aromatic carbocycles. The van der Waals surface area contributed by atoms with Crippen molar-refractivity contribution in [3.8, 4) is 0 Å². The normalized spacial score (nSPS) is 14.2. The summed E-state index contributed by atoms with van der Waals surface area (Å²) in [6, 6.07) is 6.70. The number of aromatic nitrogens is 2. The Hall–Kier alpha value is -3.03. The molecule has 0 spiro atoms. The standard InChI is InChI=1S/C24H33N5O3/c1-5-21-20(16-18-7-9-19(10-8-18)29(31)32)24(26-22(25-21)15-17(3)4)28-13-11-27(12-14-28)23(30)6-2/h7-10,17H,5-6,11-16H2,1-4H3. The molecular formula is C24H33N5O3. The van der Waals surface area contributed by atoms with E-state index < -0.39 is 0 Å². The average molecular weight is 440 g/mol. The third-order valence-corrected chi connectivity index (χ3v) is 5.81. The summed E-state index contributed by atoms with van der Waals surface area (Å²) in [4.78, 5) is 36.8. The lowest BCUT2D eigenvalue weighted by atomic mass is 10.0. The van der Waals surface area contributed by atoms with Crippen LogP contribution in [0.15, 0.2) is 24.3 Å². The van der Waals surface area contributed by atoms with Gasteiger partial charge in [-0.2, -0.15) is 0 Å². The number of carbonyl (C=O) groups is 1. The first-order valence-electron chi connectivity index (χ1n) is 11.5. The molecule has 0 saturated carbocycles. The van der Waals surface area contributed by atoms with Crippen molar-refractivity contribution in [2.24, 2.45) is 5.92 Å². The summed E-state index contributed by atoms with van der Waals surface area (Å²) >= 11 is 0. The molecule has 0 unspecified atom stereocenters. The zero-order valence-electron chi connectivity index (χ0n) is 19.5. The van der Waals surface area contributed by atoms with E-state index in [1.807, 2.05) is 11.8 Å². The number of hydrogen-bond donors (Lipinski definition) is 0. The predicted octanol–water partition coefficient (Wildman–Crippen LogP) is 3.80. The number of nitro groups is 1. The number of hydrogen-bond acceptors (Lipinski definition) is 6. The summed E-state index contributed by atoms with van der Waals surface area (Å²) in [6.07, 6.45) is 2.74. The molecule has 0 radical (unpaired) electrons. The lowest BCUT2D eigenvalue weighted by Crippen LogP contribution is -2.49. The van der Waals surface area contributed by atoms with Crippen molar-refractivity contribution in [3.05, 3.63) is 57.0 Å². The predicted molar refractivity (Wildman–Crippen MR) is 125 cm³/mol. The van der Waals surface area contributed by atoms with Crippen LogP contribution in [-0.4, -0.2) is 51.9 Å². The van der Waals surface area contributed by atoms with Gasteiger partial charge in [0.1, 0.15) is 11.6 Å². The molecule has 0 N–H and O–H groups in total. The van der Waals surface area contributed by atoms with Crippen LogP contribution >= 0.6 is 0 Å². The van der Waals surface area contributed by atoms with Gasteiger partial charge in [0.15, 0.2) is 0 Å². The number of benzene rings is 1. The van der Waals surface area contributed by atoms with Gasteiger partial charge in [-0.25, -0.2) is 9.97 Å².